The Bertz CT molecular complexity index is 1070. The highest BCUT2D eigenvalue weighted by Crippen LogP contribution is 2.37. The zero-order valence-electron chi connectivity index (χ0n) is 17.4. The summed E-state index contributed by atoms with van der Waals surface area (Å²) in [6.45, 7) is 3.31. The minimum absolute atomic E-state index is 0.104. The number of carbonyl (C=O) groups excluding carboxylic acids is 1. The third-order valence-electron chi connectivity index (χ3n) is 5.65. The van der Waals surface area contributed by atoms with Gasteiger partial charge in [0.1, 0.15) is 5.75 Å². The Morgan fingerprint density at radius 3 is 2.58 bits per heavy atom. The first-order chi connectivity index (χ1) is 14.8. The molecule has 31 heavy (non-hydrogen) atoms. The Kier molecular flexibility index (Phi) is 6.41. The first-order valence-electron chi connectivity index (χ1n) is 10.3. The predicted octanol–water partition coefficient (Wildman–Crippen LogP) is 2.78. The summed E-state index contributed by atoms with van der Waals surface area (Å²) in [6.07, 6.45) is 2.60. The minimum atomic E-state index is -3.60. The summed E-state index contributed by atoms with van der Waals surface area (Å²) in [7, 11) is -3.60. The summed E-state index contributed by atoms with van der Waals surface area (Å²) < 4.78 is 31.6. The topological polar surface area (TPSA) is 79.0 Å². The summed E-state index contributed by atoms with van der Waals surface area (Å²) in [6, 6.07) is 12.8. The lowest BCUT2D eigenvalue weighted by Crippen LogP contribution is -2.50. The first kappa shape index (κ1) is 21.9. The van der Waals surface area contributed by atoms with Crippen LogP contribution in [0.1, 0.15) is 24.0 Å². The third-order valence-corrected chi connectivity index (χ3v) is 7.03. The van der Waals surface area contributed by atoms with Crippen LogP contribution in [-0.4, -0.2) is 51.2 Å². The van der Waals surface area contributed by atoms with Crippen molar-refractivity contribution >= 4 is 33.2 Å². The molecule has 1 N–H and O–H groups in total. The summed E-state index contributed by atoms with van der Waals surface area (Å²) >= 11 is 6.02. The fourth-order valence-electron chi connectivity index (χ4n) is 4.04. The lowest BCUT2D eigenvalue weighted by Gasteiger charge is -2.34. The molecule has 1 saturated heterocycles. The van der Waals surface area contributed by atoms with E-state index in [1.54, 1.807) is 12.1 Å². The molecule has 166 valence electrons. The molecular formula is C22H26ClN3O4S. The average Bonchev–Trinajstić information content (AvgIpc) is 3.24. The van der Waals surface area contributed by atoms with Crippen LogP contribution in [0.25, 0.3) is 0 Å². The van der Waals surface area contributed by atoms with Crippen LogP contribution in [0.3, 0.4) is 0 Å². The molecule has 2 heterocycles. The van der Waals surface area contributed by atoms with Gasteiger partial charge in [0.15, 0.2) is 6.10 Å². The number of hydrogen-bond acceptors (Lipinski definition) is 5. The average molecular weight is 464 g/mol. The molecule has 2 aliphatic heterocycles. The standard InChI is InChI=1S/C22H26ClN3O4S/c1-31(28,29)26-15-21(30-20-9-8-18(23)12-19(20)26)22(27)24-13-16-6-2-3-7-17(16)14-25-10-4-5-11-25/h2-3,6-9,12,21H,4-5,10-11,13-15H2,1H3,(H,24,27)/t21-/m0/s1. The van der Waals surface area contributed by atoms with Gasteiger partial charge in [0, 0.05) is 18.1 Å². The monoisotopic (exact) mass is 463 g/mol. The maximum Gasteiger partial charge on any atom is 0.263 e. The molecule has 0 saturated carbocycles. The SMILES string of the molecule is CS(=O)(=O)N1C[C@@H](C(=O)NCc2ccccc2CN2CCCC2)Oc2ccc(Cl)cc21. The fourth-order valence-corrected chi connectivity index (χ4v) is 5.11. The Balaban J connectivity index is 1.46. The Morgan fingerprint density at radius 1 is 1.16 bits per heavy atom. The van der Waals surface area contributed by atoms with Gasteiger partial charge in [0.25, 0.3) is 5.91 Å². The van der Waals surface area contributed by atoms with Crippen molar-refractivity contribution in [2.75, 3.05) is 30.2 Å². The van der Waals surface area contributed by atoms with Gasteiger partial charge in [-0.3, -0.25) is 14.0 Å². The van der Waals surface area contributed by atoms with Crippen molar-refractivity contribution in [1.29, 1.82) is 0 Å². The number of benzene rings is 2. The molecule has 2 aliphatic rings. The number of sulfonamides is 1. The fraction of sp³-hybridized carbons (Fsp3) is 0.409. The van der Waals surface area contributed by atoms with Crippen molar-refractivity contribution in [3.05, 3.63) is 58.6 Å². The maximum atomic E-state index is 12.9. The first-order valence-corrected chi connectivity index (χ1v) is 12.5. The van der Waals surface area contributed by atoms with E-state index < -0.39 is 16.1 Å². The predicted molar refractivity (Wildman–Crippen MR) is 121 cm³/mol. The Hall–Kier alpha value is -2.29. The molecule has 1 atom stereocenters. The molecule has 7 nitrogen and oxygen atoms in total. The lowest BCUT2D eigenvalue weighted by atomic mass is 10.1. The van der Waals surface area contributed by atoms with Crippen LogP contribution in [-0.2, 0) is 27.9 Å². The van der Waals surface area contributed by atoms with Crippen LogP contribution in [0.5, 0.6) is 5.75 Å². The lowest BCUT2D eigenvalue weighted by molar-refractivity contribution is -0.127. The van der Waals surface area contributed by atoms with E-state index in [0.29, 0.717) is 23.0 Å². The highest BCUT2D eigenvalue weighted by molar-refractivity contribution is 7.92. The van der Waals surface area contributed by atoms with Gasteiger partial charge in [0.05, 0.1) is 18.5 Å². The van der Waals surface area contributed by atoms with Gasteiger partial charge in [0.2, 0.25) is 10.0 Å². The zero-order chi connectivity index (χ0) is 22.0. The number of amides is 1. The van der Waals surface area contributed by atoms with E-state index >= 15 is 0 Å². The molecule has 2 aromatic carbocycles. The second kappa shape index (κ2) is 9.06. The quantitative estimate of drug-likeness (QED) is 0.712. The van der Waals surface area contributed by atoms with Gasteiger partial charge >= 0.3 is 0 Å². The van der Waals surface area contributed by atoms with Crippen molar-refractivity contribution in [3.8, 4) is 5.75 Å². The van der Waals surface area contributed by atoms with Crippen LogP contribution in [0.2, 0.25) is 5.02 Å². The molecule has 0 aliphatic carbocycles. The molecule has 1 fully saturated rings. The number of rotatable bonds is 6. The molecular weight excluding hydrogens is 438 g/mol. The summed E-state index contributed by atoms with van der Waals surface area (Å²) in [4.78, 5) is 15.3. The number of anilines is 1. The highest BCUT2D eigenvalue weighted by Gasteiger charge is 2.35. The molecule has 1 amide bonds. The van der Waals surface area contributed by atoms with E-state index in [9.17, 15) is 13.2 Å². The van der Waals surface area contributed by atoms with Gasteiger partial charge in [-0.1, -0.05) is 35.9 Å². The van der Waals surface area contributed by atoms with Crippen molar-refractivity contribution < 1.29 is 17.9 Å². The number of nitrogens with zero attached hydrogens (tertiary/aromatic N) is 2. The minimum Gasteiger partial charge on any atom is -0.476 e. The van der Waals surface area contributed by atoms with Crippen LogP contribution in [0.15, 0.2) is 42.5 Å². The molecule has 2 aromatic rings. The summed E-state index contributed by atoms with van der Waals surface area (Å²) in [5, 5.41) is 3.31. The molecule has 0 bridgehead atoms. The second-order valence-electron chi connectivity index (χ2n) is 7.98. The largest absolute Gasteiger partial charge is 0.476 e. The third kappa shape index (κ3) is 5.14. The number of hydrogen-bond donors (Lipinski definition) is 1. The number of halogens is 1. The number of fused-ring (bicyclic) bond motifs is 1. The summed E-state index contributed by atoms with van der Waals surface area (Å²) in [5.74, 6) is -0.0408. The van der Waals surface area contributed by atoms with Crippen molar-refractivity contribution in [1.82, 2.24) is 10.2 Å². The smallest absolute Gasteiger partial charge is 0.263 e. The second-order valence-corrected chi connectivity index (χ2v) is 10.3. The molecule has 0 radical (unpaired) electrons. The number of ether oxygens (including phenoxy) is 1. The normalized spacial score (nSPS) is 19.0. The number of likely N-dealkylation sites (tertiary alicyclic amines) is 1. The van der Waals surface area contributed by atoms with Gasteiger partial charge < -0.3 is 10.1 Å². The van der Waals surface area contributed by atoms with E-state index in [0.717, 1.165) is 31.5 Å². The van der Waals surface area contributed by atoms with E-state index in [4.69, 9.17) is 16.3 Å². The van der Waals surface area contributed by atoms with Crippen LogP contribution in [0.4, 0.5) is 5.69 Å². The van der Waals surface area contributed by atoms with Crippen LogP contribution < -0.4 is 14.4 Å². The van der Waals surface area contributed by atoms with Crippen LogP contribution in [0, 0.1) is 0 Å². The molecule has 0 aromatic heterocycles. The van der Waals surface area contributed by atoms with Gasteiger partial charge in [-0.15, -0.1) is 0 Å². The molecule has 0 spiro atoms. The van der Waals surface area contributed by atoms with Gasteiger partial charge in [-0.25, -0.2) is 8.42 Å². The van der Waals surface area contributed by atoms with E-state index in [1.165, 1.54) is 28.8 Å². The summed E-state index contributed by atoms with van der Waals surface area (Å²) in [5.41, 5.74) is 2.58. The van der Waals surface area contributed by atoms with Gasteiger partial charge in [-0.05, 0) is 55.3 Å². The number of nitrogens with one attached hydrogen (secondary N) is 1. The Morgan fingerprint density at radius 2 is 1.87 bits per heavy atom. The Labute approximate surface area is 188 Å². The molecule has 9 heteroatoms. The van der Waals surface area contributed by atoms with Crippen molar-refractivity contribution in [2.45, 2.75) is 32.0 Å². The highest BCUT2D eigenvalue weighted by atomic mass is 35.5. The van der Waals surface area contributed by atoms with E-state index in [1.807, 2.05) is 18.2 Å². The van der Waals surface area contributed by atoms with Gasteiger partial charge in [-0.2, -0.15) is 0 Å². The number of carbonyl (C=O) groups is 1. The van der Waals surface area contributed by atoms with Crippen LogP contribution >= 0.6 is 11.6 Å². The van der Waals surface area contributed by atoms with Crippen molar-refractivity contribution in [2.24, 2.45) is 0 Å². The molecule has 4 rings (SSSR count). The molecule has 0 unspecified atom stereocenters. The van der Waals surface area contributed by atoms with E-state index in [-0.39, 0.29) is 12.5 Å². The zero-order valence-corrected chi connectivity index (χ0v) is 19.0. The maximum absolute atomic E-state index is 12.9. The van der Waals surface area contributed by atoms with E-state index in [2.05, 4.69) is 16.3 Å². The van der Waals surface area contributed by atoms with Crippen molar-refractivity contribution in [3.63, 3.8) is 0 Å².